The summed E-state index contributed by atoms with van der Waals surface area (Å²) in [6, 6.07) is 3.10. The Morgan fingerprint density at radius 2 is 1.38 bits per heavy atom. The molecule has 2 aromatic carbocycles. The van der Waals surface area contributed by atoms with E-state index in [2.05, 4.69) is 0 Å². The van der Waals surface area contributed by atoms with Gasteiger partial charge in [0.2, 0.25) is 0 Å². The molecule has 0 aliphatic heterocycles. The lowest BCUT2D eigenvalue weighted by atomic mass is 9.97. The van der Waals surface area contributed by atoms with Crippen molar-refractivity contribution in [1.82, 2.24) is 0 Å². The third-order valence-electron chi connectivity index (χ3n) is 2.71. The van der Waals surface area contributed by atoms with Gasteiger partial charge in [-0.3, -0.25) is 4.79 Å². The number of carbonyl (C=O) groups excluding carboxylic acids is 1. The zero-order chi connectivity index (χ0) is 15.8. The van der Waals surface area contributed by atoms with Crippen LogP contribution in [0.4, 0.5) is 26.3 Å². The van der Waals surface area contributed by atoms with Crippen LogP contribution in [0.15, 0.2) is 36.4 Å². The quantitative estimate of drug-likeness (QED) is 0.595. The zero-order valence-corrected chi connectivity index (χ0v) is 10.1. The molecule has 0 amide bonds. The minimum atomic E-state index is -4.91. The van der Waals surface area contributed by atoms with Crippen LogP contribution in [0.2, 0.25) is 0 Å². The summed E-state index contributed by atoms with van der Waals surface area (Å²) < 4.78 is 77.7. The van der Waals surface area contributed by atoms with Crippen LogP contribution in [0.3, 0.4) is 0 Å². The average Bonchev–Trinajstić information content (AvgIpc) is 2.36. The summed E-state index contributed by atoms with van der Waals surface area (Å²) in [5.41, 5.74) is -3.20. The van der Waals surface area contributed by atoms with Crippen molar-refractivity contribution in [3.8, 4) is 0 Å². The van der Waals surface area contributed by atoms with Crippen molar-refractivity contribution in [2.24, 2.45) is 0 Å². The Morgan fingerprint density at radius 3 is 1.95 bits per heavy atom. The highest BCUT2D eigenvalue weighted by Crippen LogP contribution is 2.33. The number of hydrogen-bond acceptors (Lipinski definition) is 1. The van der Waals surface area contributed by atoms with Gasteiger partial charge in [-0.05, 0) is 30.3 Å². The fraction of sp³-hybridized carbons (Fsp3) is 0.0714. The van der Waals surface area contributed by atoms with E-state index in [1.54, 1.807) is 0 Å². The second-order valence-electron chi connectivity index (χ2n) is 4.14. The molecule has 0 bridgehead atoms. The average molecular weight is 304 g/mol. The molecule has 0 fully saturated rings. The molecule has 0 aromatic heterocycles. The molecule has 2 aromatic rings. The molecule has 21 heavy (non-hydrogen) atoms. The molecule has 1 nitrogen and oxygen atoms in total. The lowest BCUT2D eigenvalue weighted by molar-refractivity contribution is -0.137. The molecule has 0 heterocycles. The second-order valence-corrected chi connectivity index (χ2v) is 4.14. The van der Waals surface area contributed by atoms with E-state index in [0.717, 1.165) is 6.07 Å². The van der Waals surface area contributed by atoms with Crippen molar-refractivity contribution in [2.75, 3.05) is 0 Å². The third kappa shape index (κ3) is 3.07. The summed E-state index contributed by atoms with van der Waals surface area (Å²) in [7, 11) is 0. The van der Waals surface area contributed by atoms with Gasteiger partial charge in [-0.25, -0.2) is 13.2 Å². The van der Waals surface area contributed by atoms with Gasteiger partial charge < -0.3 is 0 Å². The van der Waals surface area contributed by atoms with Gasteiger partial charge in [0.15, 0.2) is 5.78 Å². The molecule has 0 unspecified atom stereocenters. The van der Waals surface area contributed by atoms with Crippen molar-refractivity contribution < 1.29 is 31.1 Å². The monoisotopic (exact) mass is 304 g/mol. The highest BCUT2D eigenvalue weighted by molar-refractivity contribution is 6.10. The summed E-state index contributed by atoms with van der Waals surface area (Å²) >= 11 is 0. The van der Waals surface area contributed by atoms with Gasteiger partial charge in [-0.15, -0.1) is 0 Å². The number of halogens is 6. The van der Waals surface area contributed by atoms with Crippen LogP contribution in [-0.4, -0.2) is 5.78 Å². The van der Waals surface area contributed by atoms with E-state index in [1.165, 1.54) is 0 Å². The van der Waals surface area contributed by atoms with Crippen LogP contribution < -0.4 is 0 Å². The third-order valence-corrected chi connectivity index (χ3v) is 2.71. The molecule has 0 radical (unpaired) electrons. The Balaban J connectivity index is 2.60. The molecule has 2 rings (SSSR count). The Bertz CT molecular complexity index is 705. The van der Waals surface area contributed by atoms with Gasteiger partial charge in [0.1, 0.15) is 17.5 Å². The van der Waals surface area contributed by atoms with E-state index in [9.17, 15) is 31.1 Å². The number of benzene rings is 2. The first kappa shape index (κ1) is 15.1. The zero-order valence-electron chi connectivity index (χ0n) is 10.1. The standard InChI is InChI=1S/C14H6F6O/c15-7-2-4-11(14(18,19)20)10(5-7)13(21)9-3-1-8(16)6-12(9)17/h1-6H. The van der Waals surface area contributed by atoms with Crippen molar-refractivity contribution in [3.05, 3.63) is 70.5 Å². The fourth-order valence-electron chi connectivity index (χ4n) is 1.77. The second kappa shape index (κ2) is 5.23. The number of rotatable bonds is 2. The lowest BCUT2D eigenvalue weighted by Crippen LogP contribution is -2.15. The number of carbonyl (C=O) groups is 1. The van der Waals surface area contributed by atoms with Crippen LogP contribution >= 0.6 is 0 Å². The predicted octanol–water partition coefficient (Wildman–Crippen LogP) is 4.35. The Kier molecular flexibility index (Phi) is 3.76. The normalized spacial score (nSPS) is 11.5. The summed E-state index contributed by atoms with van der Waals surface area (Å²) in [5.74, 6) is -4.76. The number of alkyl halides is 3. The Morgan fingerprint density at radius 1 is 0.810 bits per heavy atom. The van der Waals surface area contributed by atoms with Crippen molar-refractivity contribution in [3.63, 3.8) is 0 Å². The van der Waals surface area contributed by atoms with E-state index in [4.69, 9.17) is 0 Å². The fourth-order valence-corrected chi connectivity index (χ4v) is 1.77. The molecule has 7 heteroatoms. The molecule has 0 saturated heterocycles. The first-order chi connectivity index (χ1) is 9.70. The smallest absolute Gasteiger partial charge is 0.288 e. The maximum Gasteiger partial charge on any atom is 0.417 e. The van der Waals surface area contributed by atoms with Crippen LogP contribution in [-0.2, 0) is 6.18 Å². The first-order valence-corrected chi connectivity index (χ1v) is 5.56. The van der Waals surface area contributed by atoms with Gasteiger partial charge in [0.05, 0.1) is 11.1 Å². The van der Waals surface area contributed by atoms with Crippen LogP contribution in [0.1, 0.15) is 21.5 Å². The summed E-state index contributed by atoms with van der Waals surface area (Å²) in [6.45, 7) is 0. The number of hydrogen-bond donors (Lipinski definition) is 0. The Hall–Kier alpha value is -2.31. The van der Waals surface area contributed by atoms with E-state index < -0.39 is 46.1 Å². The van der Waals surface area contributed by atoms with Gasteiger partial charge in [-0.1, -0.05) is 0 Å². The molecule has 0 saturated carbocycles. The highest BCUT2D eigenvalue weighted by Gasteiger charge is 2.36. The SMILES string of the molecule is O=C(c1ccc(F)cc1F)c1cc(F)ccc1C(F)(F)F. The van der Waals surface area contributed by atoms with Crippen molar-refractivity contribution in [2.45, 2.75) is 6.18 Å². The molecule has 0 aliphatic carbocycles. The first-order valence-electron chi connectivity index (χ1n) is 5.56. The molecule has 0 spiro atoms. The largest absolute Gasteiger partial charge is 0.417 e. The minimum absolute atomic E-state index is 0.361. The molecular weight excluding hydrogens is 298 g/mol. The summed E-state index contributed by atoms with van der Waals surface area (Å²) in [6.07, 6.45) is -4.91. The minimum Gasteiger partial charge on any atom is -0.288 e. The van der Waals surface area contributed by atoms with Gasteiger partial charge >= 0.3 is 6.18 Å². The van der Waals surface area contributed by atoms with Gasteiger partial charge in [0.25, 0.3) is 0 Å². The van der Waals surface area contributed by atoms with Crippen molar-refractivity contribution >= 4 is 5.78 Å². The topological polar surface area (TPSA) is 17.1 Å². The highest BCUT2D eigenvalue weighted by atomic mass is 19.4. The van der Waals surface area contributed by atoms with Gasteiger partial charge in [-0.2, -0.15) is 13.2 Å². The maximum atomic E-state index is 13.5. The molecule has 0 aliphatic rings. The van der Waals surface area contributed by atoms with Crippen molar-refractivity contribution in [1.29, 1.82) is 0 Å². The summed E-state index contributed by atoms with van der Waals surface area (Å²) in [5, 5.41) is 0. The number of ketones is 1. The van der Waals surface area contributed by atoms with E-state index in [0.29, 0.717) is 30.3 Å². The van der Waals surface area contributed by atoms with Crippen LogP contribution in [0.5, 0.6) is 0 Å². The van der Waals surface area contributed by atoms with E-state index >= 15 is 0 Å². The molecule has 110 valence electrons. The maximum absolute atomic E-state index is 13.5. The summed E-state index contributed by atoms with van der Waals surface area (Å²) in [4.78, 5) is 12.0. The molecule has 0 atom stereocenters. The van der Waals surface area contributed by atoms with E-state index in [1.807, 2.05) is 0 Å². The molecular formula is C14H6F6O. The predicted molar refractivity (Wildman–Crippen MR) is 61.2 cm³/mol. The van der Waals surface area contributed by atoms with E-state index in [-0.39, 0.29) is 0 Å². The van der Waals surface area contributed by atoms with Gasteiger partial charge in [0, 0.05) is 11.6 Å². The Labute approximate surface area is 114 Å². The molecule has 0 N–H and O–H groups in total. The van der Waals surface area contributed by atoms with Crippen LogP contribution in [0, 0.1) is 17.5 Å². The lowest BCUT2D eigenvalue weighted by Gasteiger charge is -2.12. The van der Waals surface area contributed by atoms with Crippen LogP contribution in [0.25, 0.3) is 0 Å².